The Kier molecular flexibility index (Phi) is 5.53. The first-order chi connectivity index (χ1) is 10.4. The molecule has 0 saturated carbocycles. The molecule has 1 aromatic rings. The summed E-state index contributed by atoms with van der Waals surface area (Å²) in [7, 11) is 6.14. The van der Waals surface area contributed by atoms with Gasteiger partial charge in [0.05, 0.1) is 6.54 Å². The molecule has 2 rings (SSSR count). The molecule has 5 nitrogen and oxygen atoms in total. The van der Waals surface area contributed by atoms with Crippen LogP contribution < -0.4 is 0 Å². The highest BCUT2D eigenvalue weighted by Crippen LogP contribution is 2.22. The Hall–Kier alpha value is -1.46. The number of pyridine rings is 1. The monoisotopic (exact) mass is 304 g/mol. The minimum atomic E-state index is 0.208. The molecule has 1 amide bonds. The maximum Gasteiger partial charge on any atom is 0.237 e. The van der Waals surface area contributed by atoms with Crippen molar-refractivity contribution in [2.45, 2.75) is 39.4 Å². The molecule has 0 unspecified atom stereocenters. The molecule has 0 atom stereocenters. The fourth-order valence-corrected chi connectivity index (χ4v) is 2.75. The Morgan fingerprint density at radius 2 is 2.05 bits per heavy atom. The fourth-order valence-electron chi connectivity index (χ4n) is 2.75. The van der Waals surface area contributed by atoms with Gasteiger partial charge in [-0.1, -0.05) is 0 Å². The van der Waals surface area contributed by atoms with Crippen molar-refractivity contribution in [2.24, 2.45) is 0 Å². The average molecular weight is 304 g/mol. The molecular formula is C17H28N4O. The standard InChI is InChI=1S/C17H28N4O/c1-13(2)20(5)12-17(22)21-7-6-16-14(10-19(3)4)8-18-9-15(16)11-21/h8-9,13H,6-7,10-12H2,1-5H3. The first-order valence-electron chi connectivity index (χ1n) is 7.96. The van der Waals surface area contributed by atoms with Crippen molar-refractivity contribution in [3.8, 4) is 0 Å². The minimum absolute atomic E-state index is 0.208. The highest BCUT2D eigenvalue weighted by atomic mass is 16.2. The summed E-state index contributed by atoms with van der Waals surface area (Å²) in [5.74, 6) is 0.208. The van der Waals surface area contributed by atoms with E-state index in [1.807, 2.05) is 24.3 Å². The maximum absolute atomic E-state index is 12.4. The SMILES string of the molecule is CC(C)N(C)CC(=O)N1CCc2c(CN(C)C)cncc2C1. The topological polar surface area (TPSA) is 39.7 Å². The molecule has 1 aliphatic rings. The molecule has 0 spiro atoms. The molecule has 1 aromatic heterocycles. The van der Waals surface area contributed by atoms with Gasteiger partial charge in [-0.05, 0) is 58.1 Å². The third kappa shape index (κ3) is 4.05. The number of nitrogens with zero attached hydrogens (tertiary/aromatic N) is 4. The van der Waals surface area contributed by atoms with Crippen molar-refractivity contribution < 1.29 is 4.79 Å². The van der Waals surface area contributed by atoms with Gasteiger partial charge in [-0.15, -0.1) is 0 Å². The van der Waals surface area contributed by atoms with Gasteiger partial charge >= 0.3 is 0 Å². The van der Waals surface area contributed by atoms with Gasteiger partial charge in [0.2, 0.25) is 5.91 Å². The van der Waals surface area contributed by atoms with Crippen LogP contribution in [0.25, 0.3) is 0 Å². The van der Waals surface area contributed by atoms with Gasteiger partial charge in [0, 0.05) is 38.1 Å². The number of carbonyl (C=O) groups is 1. The molecule has 2 heterocycles. The average Bonchev–Trinajstić information content (AvgIpc) is 2.46. The van der Waals surface area contributed by atoms with E-state index in [2.05, 4.69) is 42.7 Å². The van der Waals surface area contributed by atoms with Crippen LogP contribution in [0.3, 0.4) is 0 Å². The number of amides is 1. The predicted molar refractivity (Wildman–Crippen MR) is 88.5 cm³/mol. The zero-order valence-electron chi connectivity index (χ0n) is 14.5. The summed E-state index contributed by atoms with van der Waals surface area (Å²) in [5.41, 5.74) is 3.87. The molecule has 0 fully saturated rings. The van der Waals surface area contributed by atoms with Crippen LogP contribution in [0.5, 0.6) is 0 Å². The second kappa shape index (κ2) is 7.20. The highest BCUT2D eigenvalue weighted by Gasteiger charge is 2.23. The van der Waals surface area contributed by atoms with Crippen LogP contribution in [0.1, 0.15) is 30.5 Å². The molecule has 0 radical (unpaired) electrons. The van der Waals surface area contributed by atoms with Gasteiger partial charge in [-0.2, -0.15) is 0 Å². The number of rotatable bonds is 5. The second-order valence-electron chi connectivity index (χ2n) is 6.75. The Labute approximate surface area is 133 Å². The Morgan fingerprint density at radius 1 is 1.32 bits per heavy atom. The van der Waals surface area contributed by atoms with Crippen LogP contribution in [0.4, 0.5) is 0 Å². The van der Waals surface area contributed by atoms with E-state index in [9.17, 15) is 4.79 Å². The van der Waals surface area contributed by atoms with E-state index >= 15 is 0 Å². The van der Waals surface area contributed by atoms with E-state index in [1.165, 1.54) is 16.7 Å². The largest absolute Gasteiger partial charge is 0.337 e. The smallest absolute Gasteiger partial charge is 0.237 e. The van der Waals surface area contributed by atoms with Crippen molar-refractivity contribution in [1.29, 1.82) is 0 Å². The molecule has 0 saturated heterocycles. The minimum Gasteiger partial charge on any atom is -0.337 e. The highest BCUT2D eigenvalue weighted by molar-refractivity contribution is 5.78. The van der Waals surface area contributed by atoms with Gasteiger partial charge < -0.3 is 9.80 Å². The fraction of sp³-hybridized carbons (Fsp3) is 0.647. The molecule has 22 heavy (non-hydrogen) atoms. The van der Waals surface area contributed by atoms with Gasteiger partial charge in [0.25, 0.3) is 0 Å². The molecular weight excluding hydrogens is 276 g/mol. The first-order valence-corrected chi connectivity index (χ1v) is 7.96. The van der Waals surface area contributed by atoms with Gasteiger partial charge in [-0.25, -0.2) is 0 Å². The van der Waals surface area contributed by atoms with E-state index in [-0.39, 0.29) is 5.91 Å². The van der Waals surface area contributed by atoms with E-state index in [4.69, 9.17) is 0 Å². The molecule has 0 aliphatic carbocycles. The quantitative estimate of drug-likeness (QED) is 0.824. The third-order valence-corrected chi connectivity index (χ3v) is 4.33. The van der Waals surface area contributed by atoms with E-state index in [1.54, 1.807) is 0 Å². The van der Waals surface area contributed by atoms with Crippen LogP contribution in [-0.4, -0.2) is 65.9 Å². The number of hydrogen-bond acceptors (Lipinski definition) is 4. The van der Waals surface area contributed by atoms with Crippen LogP contribution in [0.15, 0.2) is 12.4 Å². The third-order valence-electron chi connectivity index (χ3n) is 4.33. The summed E-state index contributed by atoms with van der Waals surface area (Å²) in [6, 6.07) is 0.384. The molecule has 0 aromatic carbocycles. The Bertz CT molecular complexity index is 527. The Morgan fingerprint density at radius 3 is 2.68 bits per heavy atom. The van der Waals surface area contributed by atoms with E-state index < -0.39 is 0 Å². The lowest BCUT2D eigenvalue weighted by molar-refractivity contribution is -0.133. The summed E-state index contributed by atoms with van der Waals surface area (Å²) in [6.07, 6.45) is 4.81. The molecule has 122 valence electrons. The maximum atomic E-state index is 12.4. The molecule has 0 bridgehead atoms. The van der Waals surface area contributed by atoms with Crippen LogP contribution in [0.2, 0.25) is 0 Å². The van der Waals surface area contributed by atoms with Crippen molar-refractivity contribution >= 4 is 5.91 Å². The number of carbonyl (C=O) groups excluding carboxylic acids is 1. The van der Waals surface area contributed by atoms with Crippen LogP contribution >= 0.6 is 0 Å². The molecule has 0 N–H and O–H groups in total. The van der Waals surface area contributed by atoms with Crippen molar-refractivity contribution in [3.05, 3.63) is 29.1 Å². The number of fused-ring (bicyclic) bond motifs is 1. The summed E-state index contributed by atoms with van der Waals surface area (Å²) in [6.45, 7) is 7.10. The van der Waals surface area contributed by atoms with E-state index in [0.717, 1.165) is 19.5 Å². The predicted octanol–water partition coefficient (Wildman–Crippen LogP) is 1.37. The summed E-state index contributed by atoms with van der Waals surface area (Å²) >= 11 is 0. The normalized spacial score (nSPS) is 14.8. The Balaban J connectivity index is 2.07. The summed E-state index contributed by atoms with van der Waals surface area (Å²) < 4.78 is 0. The lowest BCUT2D eigenvalue weighted by Crippen LogP contribution is -2.43. The van der Waals surface area contributed by atoms with Crippen molar-refractivity contribution in [2.75, 3.05) is 34.2 Å². The van der Waals surface area contributed by atoms with Crippen LogP contribution in [-0.2, 0) is 24.3 Å². The van der Waals surface area contributed by atoms with Crippen molar-refractivity contribution in [1.82, 2.24) is 19.7 Å². The summed E-state index contributed by atoms with van der Waals surface area (Å²) in [4.78, 5) is 23.0. The molecule has 5 heteroatoms. The van der Waals surface area contributed by atoms with Gasteiger partial charge in [-0.3, -0.25) is 14.7 Å². The zero-order valence-corrected chi connectivity index (χ0v) is 14.5. The van der Waals surface area contributed by atoms with Crippen molar-refractivity contribution in [3.63, 3.8) is 0 Å². The number of likely N-dealkylation sites (N-methyl/N-ethyl adjacent to an activating group) is 1. The summed E-state index contributed by atoms with van der Waals surface area (Å²) in [5, 5.41) is 0. The van der Waals surface area contributed by atoms with E-state index in [0.29, 0.717) is 19.1 Å². The lowest BCUT2D eigenvalue weighted by atomic mass is 9.97. The van der Waals surface area contributed by atoms with Gasteiger partial charge in [0.15, 0.2) is 0 Å². The number of aromatic nitrogens is 1. The second-order valence-corrected chi connectivity index (χ2v) is 6.75. The zero-order chi connectivity index (χ0) is 16.3. The first kappa shape index (κ1) is 16.9. The lowest BCUT2D eigenvalue weighted by Gasteiger charge is -2.32. The molecule has 1 aliphatic heterocycles. The van der Waals surface area contributed by atoms with Gasteiger partial charge in [0.1, 0.15) is 0 Å². The number of hydrogen-bond donors (Lipinski definition) is 0. The van der Waals surface area contributed by atoms with Crippen LogP contribution in [0, 0.1) is 0 Å².